The predicted octanol–water partition coefficient (Wildman–Crippen LogP) is 0.141. The molecule has 2 aromatic rings. The number of carbonyl (C=O) groups excluding carboxylic acids is 1. The fraction of sp³-hybridized carbons (Fsp3) is 0.154. The molecule has 20 heavy (non-hydrogen) atoms. The molecule has 0 spiro atoms. The van der Waals surface area contributed by atoms with Gasteiger partial charge in [0.1, 0.15) is 11.3 Å². The number of fused-ring (bicyclic) bond motifs is 1. The van der Waals surface area contributed by atoms with Gasteiger partial charge in [0.2, 0.25) is 5.78 Å². The lowest BCUT2D eigenvalue weighted by atomic mass is 10.1. The van der Waals surface area contributed by atoms with Crippen molar-refractivity contribution in [2.75, 3.05) is 0 Å². The quantitative estimate of drug-likeness (QED) is 0.241. The van der Waals surface area contributed by atoms with Gasteiger partial charge >= 0.3 is 0 Å². The van der Waals surface area contributed by atoms with Crippen LogP contribution in [0.1, 0.15) is 17.3 Å². The Hall–Kier alpha value is -2.83. The summed E-state index contributed by atoms with van der Waals surface area (Å²) in [6.45, 7) is 2.11. The minimum atomic E-state index is -0.886. The molecule has 0 aliphatic heterocycles. The summed E-state index contributed by atoms with van der Waals surface area (Å²) < 4.78 is 1.38. The van der Waals surface area contributed by atoms with E-state index in [1.165, 1.54) is 4.57 Å². The molecule has 5 N–H and O–H groups in total. The van der Waals surface area contributed by atoms with Gasteiger partial charge in [0.15, 0.2) is 5.84 Å². The Morgan fingerprint density at radius 2 is 2.05 bits per heavy atom. The first-order valence-corrected chi connectivity index (χ1v) is 5.95. The maximum Gasteiger partial charge on any atom is 0.266 e. The zero-order valence-electron chi connectivity index (χ0n) is 10.8. The number of hydrogen-bond donors (Lipinski definition) is 3. The van der Waals surface area contributed by atoms with Crippen LogP contribution in [0, 0.1) is 0 Å². The van der Waals surface area contributed by atoms with E-state index in [9.17, 15) is 14.7 Å². The Morgan fingerprint density at radius 3 is 2.65 bits per heavy atom. The molecule has 0 saturated carbocycles. The molecule has 0 unspecified atom stereocenters. The number of aromatic hydroxyl groups is 1. The van der Waals surface area contributed by atoms with Crippen molar-refractivity contribution in [1.82, 2.24) is 4.57 Å². The number of pyridine rings is 1. The van der Waals surface area contributed by atoms with E-state index in [1.807, 2.05) is 0 Å². The molecule has 2 rings (SSSR count). The monoisotopic (exact) mass is 274 g/mol. The van der Waals surface area contributed by atoms with Crippen LogP contribution in [-0.2, 0) is 6.54 Å². The Kier molecular flexibility index (Phi) is 3.43. The molecule has 0 atom stereocenters. The SMILES string of the molecule is CCn1c(=O)c(C(=O)/C(N)=N/N)c(O)c2ccccc21. The zero-order chi connectivity index (χ0) is 14.9. The van der Waals surface area contributed by atoms with Crippen LogP contribution in [0.25, 0.3) is 10.9 Å². The van der Waals surface area contributed by atoms with Crippen LogP contribution in [0.15, 0.2) is 34.2 Å². The third-order valence-corrected chi connectivity index (χ3v) is 3.06. The van der Waals surface area contributed by atoms with Crippen molar-refractivity contribution in [1.29, 1.82) is 0 Å². The molecule has 0 amide bonds. The van der Waals surface area contributed by atoms with Crippen molar-refractivity contribution in [3.05, 3.63) is 40.2 Å². The first-order chi connectivity index (χ1) is 9.52. The van der Waals surface area contributed by atoms with Crippen molar-refractivity contribution in [3.8, 4) is 5.75 Å². The molecular formula is C13H14N4O3. The number of benzene rings is 1. The third kappa shape index (κ3) is 1.89. The zero-order valence-corrected chi connectivity index (χ0v) is 10.8. The summed E-state index contributed by atoms with van der Waals surface area (Å²) in [5, 5.41) is 13.6. The van der Waals surface area contributed by atoms with E-state index in [2.05, 4.69) is 5.10 Å². The van der Waals surface area contributed by atoms with Gasteiger partial charge in [-0.25, -0.2) is 0 Å². The second-order valence-electron chi connectivity index (χ2n) is 4.13. The van der Waals surface area contributed by atoms with E-state index in [-0.39, 0.29) is 0 Å². The Labute approximate surface area is 114 Å². The van der Waals surface area contributed by atoms with Gasteiger partial charge in [-0.05, 0) is 19.1 Å². The van der Waals surface area contributed by atoms with Gasteiger partial charge in [-0.2, -0.15) is 5.10 Å². The largest absolute Gasteiger partial charge is 0.506 e. The number of aromatic nitrogens is 1. The Morgan fingerprint density at radius 1 is 1.40 bits per heavy atom. The molecule has 0 fully saturated rings. The van der Waals surface area contributed by atoms with Crippen LogP contribution in [0.2, 0.25) is 0 Å². The maximum absolute atomic E-state index is 12.3. The van der Waals surface area contributed by atoms with Crippen molar-refractivity contribution in [3.63, 3.8) is 0 Å². The molecule has 0 aliphatic carbocycles. The first-order valence-electron chi connectivity index (χ1n) is 5.95. The lowest BCUT2D eigenvalue weighted by molar-refractivity contribution is 0.106. The summed E-state index contributed by atoms with van der Waals surface area (Å²) >= 11 is 0. The smallest absolute Gasteiger partial charge is 0.266 e. The van der Waals surface area contributed by atoms with E-state index in [0.717, 1.165) is 0 Å². The van der Waals surface area contributed by atoms with Crippen LogP contribution in [0.5, 0.6) is 5.75 Å². The molecule has 1 aromatic heterocycles. The topological polar surface area (TPSA) is 124 Å². The van der Waals surface area contributed by atoms with Gasteiger partial charge in [-0.3, -0.25) is 9.59 Å². The van der Waals surface area contributed by atoms with Crippen LogP contribution in [0.3, 0.4) is 0 Å². The van der Waals surface area contributed by atoms with Crippen LogP contribution >= 0.6 is 0 Å². The number of nitrogens with two attached hydrogens (primary N) is 2. The number of rotatable bonds is 3. The van der Waals surface area contributed by atoms with Crippen molar-refractivity contribution >= 4 is 22.5 Å². The predicted molar refractivity (Wildman–Crippen MR) is 75.7 cm³/mol. The van der Waals surface area contributed by atoms with Crippen molar-refractivity contribution in [2.45, 2.75) is 13.5 Å². The van der Waals surface area contributed by atoms with Gasteiger partial charge in [0.25, 0.3) is 5.56 Å². The third-order valence-electron chi connectivity index (χ3n) is 3.06. The Balaban J connectivity index is 2.93. The second kappa shape index (κ2) is 5.04. The molecule has 0 aliphatic rings. The molecule has 0 bridgehead atoms. The number of aryl methyl sites for hydroxylation is 1. The molecule has 0 saturated heterocycles. The second-order valence-corrected chi connectivity index (χ2v) is 4.13. The van der Waals surface area contributed by atoms with E-state index in [1.54, 1.807) is 31.2 Å². The molecule has 7 heteroatoms. The van der Waals surface area contributed by atoms with Crippen LogP contribution < -0.4 is 17.1 Å². The first kappa shape index (κ1) is 13.6. The fourth-order valence-electron chi connectivity index (χ4n) is 2.09. The number of hydrogen-bond acceptors (Lipinski definition) is 5. The van der Waals surface area contributed by atoms with Gasteiger partial charge in [-0.1, -0.05) is 12.1 Å². The van der Waals surface area contributed by atoms with Gasteiger partial charge in [0, 0.05) is 11.9 Å². The number of ketones is 1. The fourth-order valence-corrected chi connectivity index (χ4v) is 2.09. The van der Waals surface area contributed by atoms with E-state index >= 15 is 0 Å². The molecule has 7 nitrogen and oxygen atoms in total. The summed E-state index contributed by atoms with van der Waals surface area (Å²) in [7, 11) is 0. The van der Waals surface area contributed by atoms with Crippen molar-refractivity contribution < 1.29 is 9.90 Å². The highest BCUT2D eigenvalue weighted by molar-refractivity contribution is 6.45. The summed E-state index contributed by atoms with van der Waals surface area (Å²) in [6, 6.07) is 6.74. The maximum atomic E-state index is 12.3. The Bertz CT molecular complexity index is 777. The standard InChI is InChI=1S/C13H14N4O3/c1-2-17-8-6-4-3-5-7(8)10(18)9(13(17)20)11(19)12(14)16-15/h3-6,18H,2,15H2,1H3,(H2,14,16). The van der Waals surface area contributed by atoms with Gasteiger partial charge in [0.05, 0.1) is 5.52 Å². The number of Topliss-reactive ketones (excluding diaryl/α,β-unsaturated/α-hetero) is 1. The highest BCUT2D eigenvalue weighted by Crippen LogP contribution is 2.26. The van der Waals surface area contributed by atoms with Crippen LogP contribution in [-0.4, -0.2) is 21.3 Å². The van der Waals surface area contributed by atoms with E-state index in [4.69, 9.17) is 11.6 Å². The summed E-state index contributed by atoms with van der Waals surface area (Å²) in [5.41, 5.74) is 4.83. The number of amidine groups is 1. The van der Waals surface area contributed by atoms with Crippen molar-refractivity contribution in [2.24, 2.45) is 16.7 Å². The molecule has 1 heterocycles. The van der Waals surface area contributed by atoms with E-state index < -0.39 is 28.5 Å². The number of hydrazone groups is 1. The number of nitrogens with zero attached hydrogens (tertiary/aromatic N) is 2. The summed E-state index contributed by atoms with van der Waals surface area (Å²) in [5.74, 6) is 3.12. The average Bonchev–Trinajstić information content (AvgIpc) is 2.47. The number of carbonyl (C=O) groups is 1. The molecule has 0 radical (unpaired) electrons. The molecule has 1 aromatic carbocycles. The minimum absolute atomic E-state index is 0.347. The highest BCUT2D eigenvalue weighted by atomic mass is 16.3. The van der Waals surface area contributed by atoms with Crippen LogP contribution in [0.4, 0.5) is 0 Å². The van der Waals surface area contributed by atoms with E-state index in [0.29, 0.717) is 17.4 Å². The normalized spacial score (nSPS) is 11.8. The average molecular weight is 274 g/mol. The number of para-hydroxylation sites is 1. The lowest BCUT2D eigenvalue weighted by Gasteiger charge is -2.12. The minimum Gasteiger partial charge on any atom is -0.506 e. The van der Waals surface area contributed by atoms with Gasteiger partial charge in [-0.15, -0.1) is 0 Å². The van der Waals surface area contributed by atoms with Gasteiger partial charge < -0.3 is 21.2 Å². The molecular weight excluding hydrogens is 260 g/mol. The highest BCUT2D eigenvalue weighted by Gasteiger charge is 2.23. The molecule has 104 valence electrons. The summed E-state index contributed by atoms with van der Waals surface area (Å²) in [4.78, 5) is 24.3. The summed E-state index contributed by atoms with van der Waals surface area (Å²) in [6.07, 6.45) is 0. The lowest BCUT2D eigenvalue weighted by Crippen LogP contribution is -2.33.